The lowest BCUT2D eigenvalue weighted by atomic mass is 10.5. The number of terminal acetylenes is 1. The molecule has 50 valence electrons. The summed E-state index contributed by atoms with van der Waals surface area (Å²) in [5, 5.41) is 0. The van der Waals surface area contributed by atoms with Gasteiger partial charge in [0.2, 0.25) is 0 Å². The molecule has 0 saturated carbocycles. The third kappa shape index (κ3) is 33.0. The molecule has 0 aliphatic heterocycles. The van der Waals surface area contributed by atoms with Crippen molar-refractivity contribution < 1.29 is 0 Å². The quantitative estimate of drug-likeness (QED) is 0.441. The topological polar surface area (TPSA) is 0 Å². The number of hydrogen-bond acceptors (Lipinski definition) is 0. The molecule has 0 saturated heterocycles. The van der Waals surface area contributed by atoms with Crippen LogP contribution >= 0.6 is 0 Å². The Labute approximate surface area is 63.0 Å². The number of rotatable bonds is 0. The van der Waals surface area contributed by atoms with Crippen LogP contribution in [-0.4, -0.2) is 0 Å². The first-order valence-electron chi connectivity index (χ1n) is 2.63. The molecule has 0 aliphatic rings. The van der Waals surface area contributed by atoms with Gasteiger partial charge in [-0.3, -0.25) is 0 Å². The Balaban J connectivity index is 0. The zero-order chi connectivity index (χ0) is 8.24. The van der Waals surface area contributed by atoms with Crippen molar-refractivity contribution in [2.75, 3.05) is 0 Å². The van der Waals surface area contributed by atoms with Gasteiger partial charge in [0.15, 0.2) is 0 Å². The van der Waals surface area contributed by atoms with Crippen LogP contribution in [0.5, 0.6) is 0 Å². The molecule has 0 radical (unpaired) electrons. The molecule has 0 aromatic rings. The van der Waals surface area contributed by atoms with Crippen LogP contribution in [0.4, 0.5) is 0 Å². The van der Waals surface area contributed by atoms with Crippen LogP contribution in [0.3, 0.4) is 0 Å². The summed E-state index contributed by atoms with van der Waals surface area (Å²) in [5.74, 6) is 7.38. The molecule has 10 heavy (non-hydrogen) atoms. The Hall–Kier alpha value is -1.66. The maximum absolute atomic E-state index is 4.66. The molecule has 0 amide bonds. The first kappa shape index (κ1) is 11.2. The molecule has 0 heteroatoms. The van der Waals surface area contributed by atoms with Crippen LogP contribution in [0.1, 0.15) is 0 Å². The number of allylic oxidation sites excluding steroid dienone is 3. The van der Waals surface area contributed by atoms with Crippen molar-refractivity contribution in [1.82, 2.24) is 0 Å². The van der Waals surface area contributed by atoms with E-state index in [4.69, 9.17) is 0 Å². The summed E-state index contributed by atoms with van der Waals surface area (Å²) in [5.41, 5.74) is 0. The Morgan fingerprint density at radius 1 is 0.900 bits per heavy atom. The highest BCUT2D eigenvalue weighted by Crippen LogP contribution is 1.55. The van der Waals surface area contributed by atoms with E-state index < -0.39 is 0 Å². The predicted octanol–water partition coefficient (Wildman–Crippen LogP) is 2.17. The molecule has 0 spiro atoms. The highest BCUT2D eigenvalue weighted by atomic mass is 13.5. The summed E-state index contributed by atoms with van der Waals surface area (Å²) in [6.07, 6.45) is 9.12. The Morgan fingerprint density at radius 3 is 1.30 bits per heavy atom. The van der Waals surface area contributed by atoms with Crippen LogP contribution in [0, 0.1) is 24.2 Å². The van der Waals surface area contributed by atoms with E-state index in [0.717, 1.165) is 0 Å². The largest absolute Gasteiger partial charge is 0.115 e. The summed E-state index contributed by atoms with van der Waals surface area (Å²) in [6, 6.07) is 0. The van der Waals surface area contributed by atoms with E-state index in [2.05, 4.69) is 43.9 Å². The fourth-order valence-corrected chi connectivity index (χ4v) is 0.118. The predicted molar refractivity (Wildman–Crippen MR) is 47.2 cm³/mol. The van der Waals surface area contributed by atoms with Gasteiger partial charge in [-0.05, 0) is 18.2 Å². The van der Waals surface area contributed by atoms with Crippen molar-refractivity contribution >= 4 is 0 Å². The molecule has 0 rings (SSSR count). The minimum atomic E-state index is 1.40. The second-order valence-corrected chi connectivity index (χ2v) is 1.07. The molecule has 0 aromatic carbocycles. The standard InChI is InChI=1S/C6H6.C4H4/c1-3-5-6-4-2;1-3-4-2/h3-4H,1-2H2;1,4H,2H2. The third-order valence-electron chi connectivity index (χ3n) is 0.405. The van der Waals surface area contributed by atoms with E-state index in [0.29, 0.717) is 0 Å². The Morgan fingerprint density at radius 2 is 1.20 bits per heavy atom. The van der Waals surface area contributed by atoms with Crippen molar-refractivity contribution in [3.05, 3.63) is 38.0 Å². The van der Waals surface area contributed by atoms with Gasteiger partial charge in [-0.25, -0.2) is 0 Å². The van der Waals surface area contributed by atoms with Gasteiger partial charge >= 0.3 is 0 Å². The maximum atomic E-state index is 4.66. The van der Waals surface area contributed by atoms with Gasteiger partial charge in [-0.15, -0.1) is 6.42 Å². The van der Waals surface area contributed by atoms with E-state index in [1.165, 1.54) is 18.2 Å². The van der Waals surface area contributed by atoms with Gasteiger partial charge in [0.1, 0.15) is 0 Å². The lowest BCUT2D eigenvalue weighted by Gasteiger charge is -1.52. The van der Waals surface area contributed by atoms with Gasteiger partial charge in [-0.2, -0.15) is 0 Å². The first-order valence-corrected chi connectivity index (χ1v) is 2.63. The van der Waals surface area contributed by atoms with E-state index in [1.807, 2.05) is 0 Å². The highest BCUT2D eigenvalue weighted by molar-refractivity contribution is 5.19. The lowest BCUT2D eigenvalue weighted by Crippen LogP contribution is -1.39. The zero-order valence-corrected chi connectivity index (χ0v) is 5.93. The highest BCUT2D eigenvalue weighted by Gasteiger charge is 1.42. The molecular formula is C10H10. The van der Waals surface area contributed by atoms with Gasteiger partial charge < -0.3 is 0 Å². The molecular weight excluding hydrogens is 120 g/mol. The lowest BCUT2D eigenvalue weighted by molar-refractivity contribution is 2.22. The van der Waals surface area contributed by atoms with Crippen LogP contribution in [0.2, 0.25) is 0 Å². The molecule has 0 N–H and O–H groups in total. The second kappa shape index (κ2) is 15.7. The molecule has 0 aromatic heterocycles. The van der Waals surface area contributed by atoms with E-state index in [1.54, 1.807) is 0 Å². The molecule has 0 aliphatic carbocycles. The minimum Gasteiger partial charge on any atom is -0.115 e. The smallest absolute Gasteiger partial charge is 0.0187 e. The summed E-state index contributed by atoms with van der Waals surface area (Å²) in [7, 11) is 0. The second-order valence-electron chi connectivity index (χ2n) is 1.07. The monoisotopic (exact) mass is 130 g/mol. The van der Waals surface area contributed by atoms with Crippen molar-refractivity contribution in [2.24, 2.45) is 0 Å². The maximum Gasteiger partial charge on any atom is -0.0187 e. The molecule has 0 bridgehead atoms. The SMILES string of the molecule is C#CC=C.C=CC#CC=C. The molecule has 0 fully saturated rings. The fourth-order valence-electron chi connectivity index (χ4n) is 0.118. The van der Waals surface area contributed by atoms with Crippen molar-refractivity contribution in [2.45, 2.75) is 0 Å². The summed E-state index contributed by atoms with van der Waals surface area (Å²) < 4.78 is 0. The Bertz CT molecular complexity index is 178. The minimum absolute atomic E-state index is 1.40. The van der Waals surface area contributed by atoms with Crippen molar-refractivity contribution in [3.63, 3.8) is 0 Å². The van der Waals surface area contributed by atoms with Crippen LogP contribution in [0.25, 0.3) is 0 Å². The van der Waals surface area contributed by atoms with Crippen molar-refractivity contribution in [3.8, 4) is 24.2 Å². The molecule has 0 nitrogen and oxygen atoms in total. The normalized spacial score (nSPS) is 4.30. The van der Waals surface area contributed by atoms with Gasteiger partial charge in [0.05, 0.1) is 0 Å². The Kier molecular flexibility index (Phi) is 17.5. The van der Waals surface area contributed by atoms with E-state index >= 15 is 0 Å². The average Bonchev–Trinajstić information content (AvgIpc) is 2.01. The van der Waals surface area contributed by atoms with Crippen LogP contribution < -0.4 is 0 Å². The van der Waals surface area contributed by atoms with Gasteiger partial charge in [0.25, 0.3) is 0 Å². The molecule has 0 atom stereocenters. The zero-order valence-electron chi connectivity index (χ0n) is 5.93. The fraction of sp³-hybridized carbons (Fsp3) is 0. The van der Waals surface area contributed by atoms with E-state index in [-0.39, 0.29) is 0 Å². The average molecular weight is 130 g/mol. The third-order valence-corrected chi connectivity index (χ3v) is 0.405. The summed E-state index contributed by atoms with van der Waals surface area (Å²) >= 11 is 0. The summed E-state index contributed by atoms with van der Waals surface area (Å²) in [4.78, 5) is 0. The van der Waals surface area contributed by atoms with Gasteiger partial charge in [0, 0.05) is 0 Å². The number of hydrogen-bond donors (Lipinski definition) is 0. The first-order chi connectivity index (χ1) is 4.83. The molecule has 0 heterocycles. The van der Waals surface area contributed by atoms with Crippen LogP contribution in [0.15, 0.2) is 38.0 Å². The van der Waals surface area contributed by atoms with E-state index in [9.17, 15) is 0 Å². The molecule has 0 unspecified atom stereocenters. The van der Waals surface area contributed by atoms with Gasteiger partial charge in [-0.1, -0.05) is 37.5 Å². The van der Waals surface area contributed by atoms with Crippen LogP contribution in [-0.2, 0) is 0 Å². The van der Waals surface area contributed by atoms with Crippen molar-refractivity contribution in [1.29, 1.82) is 0 Å². The summed E-state index contributed by atoms with van der Waals surface area (Å²) in [6.45, 7) is 10.00.